The third-order valence-electron chi connectivity index (χ3n) is 5.19. The fraction of sp³-hybridized carbons (Fsp3) is 0.750. The molecule has 3 rings (SSSR count). The molecule has 1 aromatic heterocycles. The summed E-state index contributed by atoms with van der Waals surface area (Å²) in [5.41, 5.74) is 3.23. The SMILES string of the molecule is CN(C(=O)c1n[nH]c2c1CNCC2)C1CCC(C)(C)CC1.Cl. The molecule has 1 amide bonds. The van der Waals surface area contributed by atoms with Gasteiger partial charge in [-0.25, -0.2) is 0 Å². The molecule has 124 valence electrons. The molecule has 1 aliphatic heterocycles. The number of amides is 1. The number of hydrogen-bond acceptors (Lipinski definition) is 3. The number of aromatic amines is 1. The Balaban J connectivity index is 0.00000176. The first kappa shape index (κ1) is 17.3. The molecule has 6 heteroatoms. The normalized spacial score (nSPS) is 20.9. The van der Waals surface area contributed by atoms with E-state index in [0.717, 1.165) is 43.6 Å². The Hall–Kier alpha value is -1.07. The van der Waals surface area contributed by atoms with E-state index in [0.29, 0.717) is 17.2 Å². The van der Waals surface area contributed by atoms with Crippen LogP contribution in [0.4, 0.5) is 0 Å². The highest BCUT2D eigenvalue weighted by Gasteiger charge is 2.32. The fourth-order valence-corrected chi connectivity index (χ4v) is 3.51. The molecule has 0 radical (unpaired) electrons. The van der Waals surface area contributed by atoms with Crippen LogP contribution in [0.25, 0.3) is 0 Å². The van der Waals surface area contributed by atoms with Crippen molar-refractivity contribution in [1.29, 1.82) is 0 Å². The smallest absolute Gasteiger partial charge is 0.274 e. The highest BCUT2D eigenvalue weighted by Crippen LogP contribution is 2.37. The van der Waals surface area contributed by atoms with Crippen molar-refractivity contribution in [2.75, 3.05) is 13.6 Å². The largest absolute Gasteiger partial charge is 0.337 e. The summed E-state index contributed by atoms with van der Waals surface area (Å²) in [6.45, 7) is 6.34. The summed E-state index contributed by atoms with van der Waals surface area (Å²) < 4.78 is 0. The molecule has 0 aromatic carbocycles. The molecule has 1 aromatic rings. The van der Waals surface area contributed by atoms with Gasteiger partial charge in [-0.3, -0.25) is 9.89 Å². The van der Waals surface area contributed by atoms with Crippen LogP contribution in [0.1, 0.15) is 61.3 Å². The minimum Gasteiger partial charge on any atom is -0.337 e. The Bertz CT molecular complexity index is 530. The van der Waals surface area contributed by atoms with Gasteiger partial charge in [0.1, 0.15) is 0 Å². The molecule has 22 heavy (non-hydrogen) atoms. The van der Waals surface area contributed by atoms with Crippen molar-refractivity contribution >= 4 is 18.3 Å². The van der Waals surface area contributed by atoms with Gasteiger partial charge in [0.25, 0.3) is 5.91 Å². The average molecular weight is 327 g/mol. The molecule has 0 bridgehead atoms. The first-order chi connectivity index (χ1) is 9.98. The number of halogens is 1. The number of rotatable bonds is 2. The molecule has 0 unspecified atom stereocenters. The van der Waals surface area contributed by atoms with Crippen molar-refractivity contribution in [3.63, 3.8) is 0 Å². The van der Waals surface area contributed by atoms with Crippen LogP contribution in [0, 0.1) is 5.41 Å². The number of carbonyl (C=O) groups excluding carboxylic acids is 1. The predicted octanol–water partition coefficient (Wildman–Crippen LogP) is 2.52. The number of fused-ring (bicyclic) bond motifs is 1. The molecule has 1 saturated carbocycles. The van der Waals surface area contributed by atoms with Crippen molar-refractivity contribution in [2.45, 2.75) is 58.5 Å². The number of aromatic nitrogens is 2. The second kappa shape index (κ2) is 6.59. The third kappa shape index (κ3) is 3.30. The van der Waals surface area contributed by atoms with Gasteiger partial charge >= 0.3 is 0 Å². The Labute approximate surface area is 138 Å². The topological polar surface area (TPSA) is 61.0 Å². The molecular formula is C16H27ClN4O. The molecule has 1 fully saturated rings. The summed E-state index contributed by atoms with van der Waals surface area (Å²) >= 11 is 0. The van der Waals surface area contributed by atoms with Gasteiger partial charge in [0.15, 0.2) is 5.69 Å². The molecule has 2 N–H and O–H groups in total. The van der Waals surface area contributed by atoms with Crippen LogP contribution in [-0.2, 0) is 13.0 Å². The zero-order chi connectivity index (χ0) is 15.0. The summed E-state index contributed by atoms with van der Waals surface area (Å²) in [4.78, 5) is 14.7. The van der Waals surface area contributed by atoms with Gasteiger partial charge in [-0.2, -0.15) is 5.10 Å². The molecule has 2 aliphatic rings. The summed E-state index contributed by atoms with van der Waals surface area (Å²) in [5, 5.41) is 10.6. The number of carbonyl (C=O) groups is 1. The van der Waals surface area contributed by atoms with Gasteiger partial charge in [0.2, 0.25) is 0 Å². The monoisotopic (exact) mass is 326 g/mol. The molecule has 0 spiro atoms. The lowest BCUT2D eigenvalue weighted by Gasteiger charge is -2.38. The first-order valence-electron chi connectivity index (χ1n) is 8.02. The van der Waals surface area contributed by atoms with Crippen LogP contribution in [-0.4, -0.2) is 40.6 Å². The highest BCUT2D eigenvalue weighted by molar-refractivity contribution is 5.94. The van der Waals surface area contributed by atoms with Gasteiger partial charge in [-0.05, 0) is 31.1 Å². The molecule has 1 aliphatic carbocycles. The fourth-order valence-electron chi connectivity index (χ4n) is 3.51. The molecule has 5 nitrogen and oxygen atoms in total. The van der Waals surface area contributed by atoms with Crippen LogP contribution in [0.3, 0.4) is 0 Å². The lowest BCUT2D eigenvalue weighted by Crippen LogP contribution is -2.41. The van der Waals surface area contributed by atoms with Crippen LogP contribution >= 0.6 is 12.4 Å². The predicted molar refractivity (Wildman–Crippen MR) is 89.4 cm³/mol. The van der Waals surface area contributed by atoms with Crippen LogP contribution in [0.5, 0.6) is 0 Å². The van der Waals surface area contributed by atoms with Gasteiger partial charge in [0.05, 0.1) is 0 Å². The first-order valence-corrected chi connectivity index (χ1v) is 8.02. The number of nitrogens with one attached hydrogen (secondary N) is 2. The van der Waals surface area contributed by atoms with Gasteiger partial charge in [0, 0.05) is 43.9 Å². The Morgan fingerprint density at radius 3 is 2.68 bits per heavy atom. The zero-order valence-corrected chi connectivity index (χ0v) is 14.6. The van der Waals surface area contributed by atoms with Crippen LogP contribution in [0.2, 0.25) is 0 Å². The van der Waals surface area contributed by atoms with E-state index in [2.05, 4.69) is 29.4 Å². The standard InChI is InChI=1S/C16H26N4O.ClH/c1-16(2)7-4-11(5-8-16)20(3)15(21)14-12-10-17-9-6-13(12)18-19-14;/h11,17H,4-10H2,1-3H3,(H,18,19);1H. The maximum Gasteiger partial charge on any atom is 0.274 e. The van der Waals surface area contributed by atoms with E-state index in [4.69, 9.17) is 0 Å². The molecule has 2 heterocycles. The van der Waals surface area contributed by atoms with E-state index in [1.54, 1.807) is 0 Å². The second-order valence-electron chi connectivity index (χ2n) is 7.27. The minimum absolute atomic E-state index is 0. The average Bonchev–Trinajstić information content (AvgIpc) is 2.90. The maximum atomic E-state index is 12.8. The van der Waals surface area contributed by atoms with Crippen molar-refractivity contribution < 1.29 is 4.79 Å². The Morgan fingerprint density at radius 1 is 1.32 bits per heavy atom. The lowest BCUT2D eigenvalue weighted by molar-refractivity contribution is 0.0628. The second-order valence-corrected chi connectivity index (χ2v) is 7.27. The summed E-state index contributed by atoms with van der Waals surface area (Å²) in [6.07, 6.45) is 5.50. The summed E-state index contributed by atoms with van der Waals surface area (Å²) in [6, 6.07) is 0.356. The van der Waals surface area contributed by atoms with E-state index in [9.17, 15) is 4.79 Å². The molecule has 0 saturated heterocycles. The van der Waals surface area contributed by atoms with E-state index in [1.165, 1.54) is 12.8 Å². The zero-order valence-electron chi connectivity index (χ0n) is 13.7. The molecule has 0 atom stereocenters. The van der Waals surface area contributed by atoms with E-state index >= 15 is 0 Å². The van der Waals surface area contributed by atoms with Gasteiger partial charge < -0.3 is 10.2 Å². The van der Waals surface area contributed by atoms with Crippen molar-refractivity contribution in [2.24, 2.45) is 5.41 Å². The third-order valence-corrected chi connectivity index (χ3v) is 5.19. The summed E-state index contributed by atoms with van der Waals surface area (Å²) in [7, 11) is 1.93. The van der Waals surface area contributed by atoms with E-state index < -0.39 is 0 Å². The quantitative estimate of drug-likeness (QED) is 0.878. The minimum atomic E-state index is 0. The van der Waals surface area contributed by atoms with E-state index in [1.807, 2.05) is 11.9 Å². The van der Waals surface area contributed by atoms with Crippen LogP contribution < -0.4 is 5.32 Å². The highest BCUT2D eigenvalue weighted by atomic mass is 35.5. The van der Waals surface area contributed by atoms with Crippen molar-refractivity contribution in [3.8, 4) is 0 Å². The van der Waals surface area contributed by atoms with Crippen molar-refractivity contribution in [3.05, 3.63) is 17.0 Å². The number of H-pyrrole nitrogens is 1. The van der Waals surface area contributed by atoms with Gasteiger partial charge in [-0.15, -0.1) is 12.4 Å². The van der Waals surface area contributed by atoms with Gasteiger partial charge in [-0.1, -0.05) is 13.8 Å². The summed E-state index contributed by atoms with van der Waals surface area (Å²) in [5.74, 6) is 0.0703. The maximum absolute atomic E-state index is 12.8. The lowest BCUT2D eigenvalue weighted by atomic mass is 9.75. The molecular weight excluding hydrogens is 300 g/mol. The number of hydrogen-bond donors (Lipinski definition) is 2. The number of nitrogens with zero attached hydrogens (tertiary/aromatic N) is 2. The Morgan fingerprint density at radius 2 is 2.00 bits per heavy atom. The van der Waals surface area contributed by atoms with Crippen molar-refractivity contribution in [1.82, 2.24) is 20.4 Å². The van der Waals surface area contributed by atoms with Crippen LogP contribution in [0.15, 0.2) is 0 Å². The Kier molecular flexibility index (Phi) is 5.17. The van der Waals surface area contributed by atoms with E-state index in [-0.39, 0.29) is 18.3 Å².